The first-order valence-corrected chi connectivity index (χ1v) is 9.14. The van der Waals surface area contributed by atoms with Crippen LogP contribution in [0.5, 0.6) is 0 Å². The molecule has 1 aliphatic carbocycles. The van der Waals surface area contributed by atoms with Crippen molar-refractivity contribution in [1.82, 2.24) is 10.2 Å². The molecule has 1 heterocycles. The molecule has 2 aliphatic rings. The Hall–Kier alpha value is -0.480. The molecule has 1 saturated carbocycles. The minimum atomic E-state index is 0. The predicted octanol–water partition coefficient (Wildman–Crippen LogP) is 4.54. The van der Waals surface area contributed by atoms with Gasteiger partial charge in [-0.1, -0.05) is 29.3 Å². The first kappa shape index (κ1) is 19.8. The number of carbonyl (C=O) groups is 1. The van der Waals surface area contributed by atoms with Crippen LogP contribution in [0, 0.1) is 11.3 Å². The summed E-state index contributed by atoms with van der Waals surface area (Å²) in [6.45, 7) is 6.83. The Kier molecular flexibility index (Phi) is 6.46. The number of nitrogens with one attached hydrogen (secondary N) is 1. The van der Waals surface area contributed by atoms with Crippen molar-refractivity contribution in [3.05, 3.63) is 33.8 Å². The third-order valence-corrected chi connectivity index (χ3v) is 6.07. The van der Waals surface area contributed by atoms with E-state index in [0.717, 1.165) is 37.9 Å². The Bertz CT molecular complexity index is 600. The smallest absolute Gasteiger partial charge is 0.226 e. The van der Waals surface area contributed by atoms with Crippen LogP contribution in [0.4, 0.5) is 0 Å². The fraction of sp³-hybridized carbons (Fsp3) is 0.611. The average molecular weight is 392 g/mol. The van der Waals surface area contributed by atoms with E-state index < -0.39 is 0 Å². The number of piperidine rings is 1. The van der Waals surface area contributed by atoms with Gasteiger partial charge in [0, 0.05) is 18.5 Å². The van der Waals surface area contributed by atoms with E-state index in [0.29, 0.717) is 22.5 Å². The lowest BCUT2D eigenvalue weighted by Crippen LogP contribution is -2.40. The lowest BCUT2D eigenvalue weighted by atomic mass is 9.91. The van der Waals surface area contributed by atoms with Crippen molar-refractivity contribution in [3.8, 4) is 0 Å². The van der Waals surface area contributed by atoms with Crippen molar-refractivity contribution in [2.45, 2.75) is 45.7 Å². The molecule has 0 aromatic heterocycles. The van der Waals surface area contributed by atoms with Gasteiger partial charge in [-0.15, -0.1) is 12.4 Å². The van der Waals surface area contributed by atoms with Crippen LogP contribution in [0.2, 0.25) is 10.0 Å². The Morgan fingerprint density at radius 3 is 2.54 bits per heavy atom. The Morgan fingerprint density at radius 2 is 1.96 bits per heavy atom. The zero-order valence-electron chi connectivity index (χ0n) is 14.1. The summed E-state index contributed by atoms with van der Waals surface area (Å²) in [5.74, 6) is 0.503. The van der Waals surface area contributed by atoms with Gasteiger partial charge >= 0.3 is 0 Å². The van der Waals surface area contributed by atoms with Crippen molar-refractivity contribution in [1.29, 1.82) is 0 Å². The summed E-state index contributed by atoms with van der Waals surface area (Å²) >= 11 is 12.1. The van der Waals surface area contributed by atoms with E-state index in [-0.39, 0.29) is 29.8 Å². The third kappa shape index (κ3) is 4.01. The normalized spacial score (nSPS) is 21.5. The monoisotopic (exact) mass is 390 g/mol. The van der Waals surface area contributed by atoms with Crippen LogP contribution in [0.15, 0.2) is 18.2 Å². The third-order valence-electron chi connectivity index (χ3n) is 5.33. The standard InChI is InChI=1S/C18H24Cl2N2O.ClH/c1-12(2)22(11-13-3-4-15(19)16(20)9-13)17(23)14-10-18(14)5-7-21-8-6-18;/h3-4,9,12,14,21H,5-8,10-11H2,1-2H3;1H. The lowest BCUT2D eigenvalue weighted by Gasteiger charge is -2.30. The zero-order valence-corrected chi connectivity index (χ0v) is 16.5. The van der Waals surface area contributed by atoms with Crippen LogP contribution < -0.4 is 5.32 Å². The number of carbonyl (C=O) groups excluding carboxylic acids is 1. The molecule has 1 saturated heterocycles. The van der Waals surface area contributed by atoms with Gasteiger partial charge in [0.05, 0.1) is 10.0 Å². The molecule has 24 heavy (non-hydrogen) atoms. The van der Waals surface area contributed by atoms with Crippen molar-refractivity contribution in [2.75, 3.05) is 13.1 Å². The van der Waals surface area contributed by atoms with Gasteiger partial charge in [0.1, 0.15) is 0 Å². The molecule has 1 atom stereocenters. The van der Waals surface area contributed by atoms with E-state index in [9.17, 15) is 4.79 Å². The van der Waals surface area contributed by atoms with Crippen LogP contribution in [-0.4, -0.2) is 29.9 Å². The SMILES string of the molecule is CC(C)N(Cc1ccc(Cl)c(Cl)c1)C(=O)C1CC12CCNCC2.Cl. The summed E-state index contributed by atoms with van der Waals surface area (Å²) in [7, 11) is 0. The first-order chi connectivity index (χ1) is 10.9. The number of halogens is 3. The lowest BCUT2D eigenvalue weighted by molar-refractivity contribution is -0.136. The van der Waals surface area contributed by atoms with E-state index in [2.05, 4.69) is 19.2 Å². The van der Waals surface area contributed by atoms with E-state index >= 15 is 0 Å². The molecular weight excluding hydrogens is 367 g/mol. The molecule has 0 bridgehead atoms. The molecule has 1 spiro atoms. The van der Waals surface area contributed by atoms with Gasteiger partial charge in [0.25, 0.3) is 0 Å². The quantitative estimate of drug-likeness (QED) is 0.817. The second kappa shape index (κ2) is 7.82. The maximum atomic E-state index is 13.0. The molecule has 3 rings (SSSR count). The first-order valence-electron chi connectivity index (χ1n) is 8.38. The summed E-state index contributed by atoms with van der Waals surface area (Å²) in [6.07, 6.45) is 3.31. The topological polar surface area (TPSA) is 32.3 Å². The fourth-order valence-corrected chi connectivity index (χ4v) is 4.04. The highest BCUT2D eigenvalue weighted by Gasteiger charge is 2.58. The molecule has 134 valence electrons. The molecule has 6 heteroatoms. The summed E-state index contributed by atoms with van der Waals surface area (Å²) in [4.78, 5) is 15.0. The highest BCUT2D eigenvalue weighted by atomic mass is 35.5. The molecule has 0 radical (unpaired) electrons. The number of hydrogen-bond donors (Lipinski definition) is 1. The molecule has 1 N–H and O–H groups in total. The molecular formula is C18H25Cl3N2O. The second-order valence-corrected chi connectivity index (χ2v) is 7.99. The van der Waals surface area contributed by atoms with Gasteiger partial charge < -0.3 is 10.2 Å². The molecule has 3 nitrogen and oxygen atoms in total. The van der Waals surface area contributed by atoms with Gasteiger partial charge in [0.2, 0.25) is 5.91 Å². The minimum Gasteiger partial charge on any atom is -0.336 e. The van der Waals surface area contributed by atoms with Crippen LogP contribution in [-0.2, 0) is 11.3 Å². The van der Waals surface area contributed by atoms with Gasteiger partial charge in [0.15, 0.2) is 0 Å². The van der Waals surface area contributed by atoms with E-state index in [4.69, 9.17) is 23.2 Å². The number of rotatable bonds is 4. The summed E-state index contributed by atoms with van der Waals surface area (Å²) in [5, 5.41) is 4.48. The Labute approximate surface area is 160 Å². The zero-order chi connectivity index (χ0) is 16.6. The highest BCUT2D eigenvalue weighted by molar-refractivity contribution is 6.42. The maximum absolute atomic E-state index is 13.0. The van der Waals surface area contributed by atoms with Gasteiger partial charge in [-0.3, -0.25) is 4.79 Å². The van der Waals surface area contributed by atoms with Crippen molar-refractivity contribution in [3.63, 3.8) is 0 Å². The summed E-state index contributed by atoms with van der Waals surface area (Å²) < 4.78 is 0. The number of benzene rings is 1. The van der Waals surface area contributed by atoms with Gasteiger partial charge in [-0.05, 0) is 69.3 Å². The van der Waals surface area contributed by atoms with Gasteiger partial charge in [-0.2, -0.15) is 0 Å². The van der Waals surface area contributed by atoms with Crippen molar-refractivity contribution >= 4 is 41.5 Å². The maximum Gasteiger partial charge on any atom is 0.226 e. The van der Waals surface area contributed by atoms with Crippen molar-refractivity contribution < 1.29 is 4.79 Å². The van der Waals surface area contributed by atoms with Crippen LogP contribution in [0.1, 0.15) is 38.7 Å². The van der Waals surface area contributed by atoms with Crippen LogP contribution in [0.25, 0.3) is 0 Å². The fourth-order valence-electron chi connectivity index (χ4n) is 3.72. The van der Waals surface area contributed by atoms with Crippen molar-refractivity contribution in [2.24, 2.45) is 11.3 Å². The highest BCUT2D eigenvalue weighted by Crippen LogP contribution is 2.59. The largest absolute Gasteiger partial charge is 0.336 e. The van der Waals surface area contributed by atoms with E-state index in [1.165, 1.54) is 0 Å². The summed E-state index contributed by atoms with van der Waals surface area (Å²) in [5.41, 5.74) is 1.30. The Morgan fingerprint density at radius 1 is 1.29 bits per heavy atom. The average Bonchev–Trinajstić information content (AvgIpc) is 3.21. The molecule has 1 aromatic carbocycles. The predicted molar refractivity (Wildman–Crippen MR) is 102 cm³/mol. The van der Waals surface area contributed by atoms with Crippen LogP contribution in [0.3, 0.4) is 0 Å². The molecule has 2 fully saturated rings. The molecule has 1 unspecified atom stereocenters. The summed E-state index contributed by atoms with van der Waals surface area (Å²) in [6, 6.07) is 5.79. The van der Waals surface area contributed by atoms with E-state index in [1.807, 2.05) is 17.0 Å². The van der Waals surface area contributed by atoms with Gasteiger partial charge in [-0.25, -0.2) is 0 Å². The Balaban J connectivity index is 0.00000208. The molecule has 1 aliphatic heterocycles. The minimum absolute atomic E-state index is 0. The number of hydrogen-bond acceptors (Lipinski definition) is 2. The number of nitrogens with zero attached hydrogens (tertiary/aromatic N) is 1. The van der Waals surface area contributed by atoms with Crippen LogP contribution >= 0.6 is 35.6 Å². The number of amides is 1. The van der Waals surface area contributed by atoms with E-state index in [1.54, 1.807) is 6.07 Å². The molecule has 1 aromatic rings. The second-order valence-electron chi connectivity index (χ2n) is 7.18. The molecule has 1 amide bonds.